The first-order valence-corrected chi connectivity index (χ1v) is 8.58. The number of halogens is 3. The first-order valence-electron chi connectivity index (χ1n) is 6.56. The number of alkyl halides is 3. The molecule has 7 nitrogen and oxygen atoms in total. The van der Waals surface area contributed by atoms with E-state index in [9.17, 15) is 19.5 Å². The molecular weight excluding hydrogens is 393 g/mol. The van der Waals surface area contributed by atoms with Crippen molar-refractivity contribution in [2.45, 2.75) is 33.9 Å². The Morgan fingerprint density at radius 3 is 2.65 bits per heavy atom. The van der Waals surface area contributed by atoms with Gasteiger partial charge in [0.25, 0.3) is 0 Å². The standard InChI is InChI=1S/C12H14Cl3NO6S/c1-5(22-10(20)21-4-12(13,14)15)6-7(17)16-3-11(2,9(18)19)23-8(6)16/h5-6,8H,3-4H2,1-2H3,(H,18,19)/t5?,6-,8+,11?/m0/s1. The van der Waals surface area contributed by atoms with Gasteiger partial charge >= 0.3 is 12.1 Å². The predicted molar refractivity (Wildman–Crippen MR) is 84.8 cm³/mol. The van der Waals surface area contributed by atoms with Crippen molar-refractivity contribution in [3.05, 3.63) is 0 Å². The average Bonchev–Trinajstić information content (AvgIpc) is 2.71. The van der Waals surface area contributed by atoms with E-state index in [1.54, 1.807) is 6.92 Å². The molecule has 0 aromatic carbocycles. The molecule has 0 aliphatic carbocycles. The fourth-order valence-electron chi connectivity index (χ4n) is 2.43. The molecule has 1 N–H and O–H groups in total. The van der Waals surface area contributed by atoms with Gasteiger partial charge in [-0.2, -0.15) is 0 Å². The van der Waals surface area contributed by atoms with Crippen LogP contribution >= 0.6 is 46.6 Å². The number of carboxylic acids is 1. The number of thioether (sulfide) groups is 1. The molecule has 2 unspecified atom stereocenters. The van der Waals surface area contributed by atoms with Gasteiger partial charge in [-0.15, -0.1) is 11.8 Å². The van der Waals surface area contributed by atoms with E-state index in [1.807, 2.05) is 0 Å². The molecule has 2 fully saturated rings. The van der Waals surface area contributed by atoms with Gasteiger partial charge in [0.15, 0.2) is 0 Å². The zero-order valence-corrected chi connectivity index (χ0v) is 15.2. The molecule has 23 heavy (non-hydrogen) atoms. The summed E-state index contributed by atoms with van der Waals surface area (Å²) < 4.78 is 6.83. The second-order valence-electron chi connectivity index (χ2n) is 5.51. The highest BCUT2D eigenvalue weighted by molar-refractivity contribution is 8.02. The van der Waals surface area contributed by atoms with E-state index in [2.05, 4.69) is 4.74 Å². The normalized spacial score (nSPS) is 31.2. The van der Waals surface area contributed by atoms with E-state index in [-0.39, 0.29) is 17.8 Å². The zero-order chi connectivity index (χ0) is 17.6. The molecule has 2 rings (SSSR count). The lowest BCUT2D eigenvalue weighted by Crippen LogP contribution is -2.61. The predicted octanol–water partition coefficient (Wildman–Crippen LogP) is 2.27. The number of aliphatic carboxylic acids is 1. The van der Waals surface area contributed by atoms with Crippen LogP contribution in [0.3, 0.4) is 0 Å². The Balaban J connectivity index is 1.92. The molecule has 0 saturated carbocycles. The molecule has 0 aromatic rings. The van der Waals surface area contributed by atoms with Crippen molar-refractivity contribution in [1.82, 2.24) is 4.90 Å². The van der Waals surface area contributed by atoms with Gasteiger partial charge in [0.05, 0.1) is 5.37 Å². The molecular formula is C12H14Cl3NO6S. The Morgan fingerprint density at radius 2 is 2.13 bits per heavy atom. The second kappa shape index (κ2) is 6.38. The number of hydrogen-bond acceptors (Lipinski definition) is 6. The Kier molecular flexibility index (Phi) is 5.21. The van der Waals surface area contributed by atoms with Crippen LogP contribution in [0.1, 0.15) is 13.8 Å². The Labute approximate surface area is 151 Å². The number of carbonyl (C=O) groups is 3. The number of carbonyl (C=O) groups excluding carboxylic acids is 2. The lowest BCUT2D eigenvalue weighted by Gasteiger charge is -2.43. The summed E-state index contributed by atoms with van der Waals surface area (Å²) in [6.45, 7) is 2.73. The van der Waals surface area contributed by atoms with Crippen LogP contribution in [0.4, 0.5) is 4.79 Å². The van der Waals surface area contributed by atoms with E-state index in [4.69, 9.17) is 39.5 Å². The summed E-state index contributed by atoms with van der Waals surface area (Å²) >= 11 is 17.5. The maximum atomic E-state index is 12.1. The SMILES string of the molecule is CC(OC(=O)OCC(Cl)(Cl)Cl)[C@H]1C(=O)N2CC(C)(C(=O)O)S[C@H]12. The van der Waals surface area contributed by atoms with Crippen molar-refractivity contribution in [2.24, 2.45) is 5.92 Å². The van der Waals surface area contributed by atoms with Crippen molar-refractivity contribution in [1.29, 1.82) is 0 Å². The number of carboxylic acid groups (broad SMARTS) is 1. The van der Waals surface area contributed by atoms with Gasteiger partial charge in [0.2, 0.25) is 9.70 Å². The molecule has 1 amide bonds. The van der Waals surface area contributed by atoms with Crippen LogP contribution in [-0.4, -0.2) is 61.2 Å². The highest BCUT2D eigenvalue weighted by Crippen LogP contribution is 2.50. The van der Waals surface area contributed by atoms with Crippen LogP contribution in [0, 0.1) is 5.92 Å². The minimum Gasteiger partial charge on any atom is -0.480 e. The number of ether oxygens (including phenoxy) is 2. The first-order chi connectivity index (χ1) is 10.4. The van der Waals surface area contributed by atoms with Gasteiger partial charge in [0.1, 0.15) is 23.4 Å². The quantitative estimate of drug-likeness (QED) is 0.435. The van der Waals surface area contributed by atoms with Crippen LogP contribution in [-0.2, 0) is 19.1 Å². The Bertz CT molecular complexity index is 541. The third-order valence-electron chi connectivity index (χ3n) is 3.63. The molecule has 0 bridgehead atoms. The molecule has 130 valence electrons. The monoisotopic (exact) mass is 405 g/mol. The minimum absolute atomic E-state index is 0.122. The minimum atomic E-state index is -1.75. The van der Waals surface area contributed by atoms with Crippen LogP contribution in [0.15, 0.2) is 0 Å². The van der Waals surface area contributed by atoms with Gasteiger partial charge in [-0.3, -0.25) is 9.59 Å². The molecule has 2 saturated heterocycles. The van der Waals surface area contributed by atoms with Crippen LogP contribution in [0.25, 0.3) is 0 Å². The molecule has 2 aliphatic rings. The first kappa shape index (κ1) is 18.8. The van der Waals surface area contributed by atoms with E-state index in [0.29, 0.717) is 0 Å². The fraction of sp³-hybridized carbons (Fsp3) is 0.750. The molecule has 0 spiro atoms. The Hall–Kier alpha value is -0.570. The van der Waals surface area contributed by atoms with E-state index < -0.39 is 39.3 Å². The summed E-state index contributed by atoms with van der Waals surface area (Å²) in [6, 6.07) is 0. The third kappa shape index (κ3) is 3.92. The number of nitrogens with zero attached hydrogens (tertiary/aromatic N) is 1. The number of fused-ring (bicyclic) bond motifs is 1. The maximum absolute atomic E-state index is 12.1. The highest BCUT2D eigenvalue weighted by atomic mass is 35.6. The highest BCUT2D eigenvalue weighted by Gasteiger charge is 2.61. The molecule has 11 heteroatoms. The number of rotatable bonds is 4. The average molecular weight is 407 g/mol. The summed E-state index contributed by atoms with van der Waals surface area (Å²) in [5.41, 5.74) is 0. The zero-order valence-electron chi connectivity index (χ0n) is 12.1. The Morgan fingerprint density at radius 1 is 1.52 bits per heavy atom. The third-order valence-corrected chi connectivity index (χ3v) is 5.57. The lowest BCUT2D eigenvalue weighted by atomic mass is 9.92. The topological polar surface area (TPSA) is 93.1 Å². The number of amides is 1. The van der Waals surface area contributed by atoms with Gasteiger partial charge in [0, 0.05) is 6.54 Å². The van der Waals surface area contributed by atoms with Crippen molar-refractivity contribution < 1.29 is 29.0 Å². The summed E-state index contributed by atoms with van der Waals surface area (Å²) in [6.07, 6.45) is -1.84. The smallest absolute Gasteiger partial charge is 0.480 e. The lowest BCUT2D eigenvalue weighted by molar-refractivity contribution is -0.157. The van der Waals surface area contributed by atoms with E-state index >= 15 is 0 Å². The molecule has 0 radical (unpaired) electrons. The summed E-state index contributed by atoms with van der Waals surface area (Å²) in [5.74, 6) is -1.87. The van der Waals surface area contributed by atoms with Gasteiger partial charge in [-0.25, -0.2) is 4.79 Å². The maximum Gasteiger partial charge on any atom is 0.508 e. The fourth-order valence-corrected chi connectivity index (χ4v) is 4.24. The molecule has 4 atom stereocenters. The van der Waals surface area contributed by atoms with E-state index in [0.717, 1.165) is 0 Å². The van der Waals surface area contributed by atoms with Crippen molar-refractivity contribution >= 4 is 64.6 Å². The second-order valence-corrected chi connectivity index (χ2v) is 9.65. The van der Waals surface area contributed by atoms with E-state index in [1.165, 1.54) is 23.6 Å². The largest absolute Gasteiger partial charge is 0.508 e. The van der Waals surface area contributed by atoms with Crippen LogP contribution in [0.5, 0.6) is 0 Å². The van der Waals surface area contributed by atoms with Crippen molar-refractivity contribution in [3.8, 4) is 0 Å². The van der Waals surface area contributed by atoms with Crippen molar-refractivity contribution in [2.75, 3.05) is 13.2 Å². The van der Waals surface area contributed by atoms with Crippen molar-refractivity contribution in [3.63, 3.8) is 0 Å². The number of hydrogen-bond donors (Lipinski definition) is 1. The van der Waals surface area contributed by atoms with Gasteiger partial charge < -0.3 is 19.5 Å². The van der Waals surface area contributed by atoms with Crippen LogP contribution in [0.2, 0.25) is 0 Å². The van der Waals surface area contributed by atoms with Crippen LogP contribution < -0.4 is 0 Å². The summed E-state index contributed by atoms with van der Waals surface area (Å²) in [5, 5.41) is 8.89. The van der Waals surface area contributed by atoms with Gasteiger partial charge in [-0.05, 0) is 13.8 Å². The summed E-state index contributed by atoms with van der Waals surface area (Å²) in [4.78, 5) is 36.4. The molecule has 2 aliphatic heterocycles. The molecule has 2 heterocycles. The number of β-lactam (4-membered cyclic amide) rings is 1. The van der Waals surface area contributed by atoms with Gasteiger partial charge in [-0.1, -0.05) is 34.8 Å². The summed E-state index contributed by atoms with van der Waals surface area (Å²) in [7, 11) is 0. The molecule has 0 aromatic heterocycles.